The van der Waals surface area contributed by atoms with Gasteiger partial charge in [0.05, 0.1) is 10.7 Å². The lowest BCUT2D eigenvalue weighted by Gasteiger charge is -2.10. The lowest BCUT2D eigenvalue weighted by molar-refractivity contribution is 0.102. The lowest BCUT2D eigenvalue weighted by atomic mass is 10.1. The fraction of sp³-hybridized carbons (Fsp3) is 0. The molecule has 0 aliphatic rings. The molecule has 1 heterocycles. The molecule has 0 aliphatic heterocycles. The number of fused-ring (bicyclic) bond motifs is 1. The summed E-state index contributed by atoms with van der Waals surface area (Å²) in [4.78, 5) is 15.5. The highest BCUT2D eigenvalue weighted by Gasteiger charge is 2.15. The monoisotopic (exact) mass is 366 g/mol. The Hall–Kier alpha value is -1.85. The van der Waals surface area contributed by atoms with E-state index in [0.29, 0.717) is 15.7 Å². The van der Waals surface area contributed by atoms with Gasteiger partial charge in [-0.2, -0.15) is 0 Å². The van der Waals surface area contributed by atoms with Crippen molar-refractivity contribution in [3.63, 3.8) is 0 Å². The van der Waals surface area contributed by atoms with Crippen molar-refractivity contribution < 1.29 is 9.18 Å². The van der Waals surface area contributed by atoms with Crippen LogP contribution in [0.3, 0.4) is 0 Å². The quantitative estimate of drug-likeness (QED) is 0.659. The van der Waals surface area contributed by atoms with Gasteiger partial charge in [0.15, 0.2) is 0 Å². The van der Waals surface area contributed by atoms with Crippen LogP contribution in [0.2, 0.25) is 5.02 Å². The van der Waals surface area contributed by atoms with Gasteiger partial charge in [-0.15, -0.1) is 0 Å². The maximum absolute atomic E-state index is 13.2. The number of hydrogen-bond acceptors (Lipinski definition) is 1. The molecule has 2 N–H and O–H groups in total. The van der Waals surface area contributed by atoms with Crippen LogP contribution >= 0.6 is 27.5 Å². The third-order valence-electron chi connectivity index (χ3n) is 3.08. The number of H-pyrrole nitrogens is 1. The molecule has 3 nitrogen and oxygen atoms in total. The summed E-state index contributed by atoms with van der Waals surface area (Å²) >= 11 is 9.17. The van der Waals surface area contributed by atoms with Gasteiger partial charge in [0.25, 0.3) is 5.91 Å². The third kappa shape index (κ3) is 2.66. The number of carbonyl (C=O) groups excluding carboxylic acids is 1. The van der Waals surface area contributed by atoms with E-state index in [1.54, 1.807) is 18.3 Å². The number of amides is 1. The Morgan fingerprint density at radius 2 is 2.10 bits per heavy atom. The predicted molar refractivity (Wildman–Crippen MR) is 85.4 cm³/mol. The molecule has 0 aliphatic carbocycles. The zero-order valence-electron chi connectivity index (χ0n) is 10.6. The van der Waals surface area contributed by atoms with Gasteiger partial charge >= 0.3 is 0 Å². The average molecular weight is 368 g/mol. The van der Waals surface area contributed by atoms with Crippen LogP contribution in [0.15, 0.2) is 47.1 Å². The van der Waals surface area contributed by atoms with Gasteiger partial charge in [0, 0.05) is 27.1 Å². The first-order valence-corrected chi connectivity index (χ1v) is 7.25. The van der Waals surface area contributed by atoms with Gasteiger partial charge in [0.1, 0.15) is 5.82 Å². The summed E-state index contributed by atoms with van der Waals surface area (Å²) < 4.78 is 13.6. The number of benzene rings is 2. The molecule has 0 saturated heterocycles. The van der Waals surface area contributed by atoms with E-state index in [1.165, 1.54) is 6.07 Å². The molecule has 3 rings (SSSR count). The van der Waals surface area contributed by atoms with Crippen LogP contribution < -0.4 is 5.32 Å². The number of rotatable bonds is 2. The lowest BCUT2D eigenvalue weighted by Crippen LogP contribution is -2.13. The molecule has 0 fully saturated rings. The van der Waals surface area contributed by atoms with E-state index in [1.807, 2.05) is 12.1 Å². The highest BCUT2D eigenvalue weighted by atomic mass is 79.9. The molecule has 21 heavy (non-hydrogen) atoms. The standard InChI is InChI=1S/C15H9BrClFN2O/c16-11-6-8(18)7-12(17)14(11)20-15(21)10-2-1-3-13-9(10)4-5-19-13/h1-7,19H,(H,20,21). The second-order valence-electron chi connectivity index (χ2n) is 4.44. The topological polar surface area (TPSA) is 44.9 Å². The molecule has 2 aromatic carbocycles. The van der Waals surface area contributed by atoms with Crippen molar-refractivity contribution in [2.75, 3.05) is 5.32 Å². The Kier molecular flexibility index (Phi) is 3.69. The Morgan fingerprint density at radius 3 is 2.86 bits per heavy atom. The first-order chi connectivity index (χ1) is 10.1. The smallest absolute Gasteiger partial charge is 0.256 e. The molecular weight excluding hydrogens is 359 g/mol. The Labute approximate surface area is 133 Å². The number of aromatic nitrogens is 1. The summed E-state index contributed by atoms with van der Waals surface area (Å²) in [5, 5.41) is 3.65. The number of nitrogens with one attached hydrogen (secondary N) is 2. The van der Waals surface area contributed by atoms with Gasteiger partial charge in [-0.05, 0) is 46.3 Å². The number of halogens is 3. The molecule has 0 unspecified atom stereocenters. The van der Waals surface area contributed by atoms with Crippen molar-refractivity contribution in [1.82, 2.24) is 4.98 Å². The van der Waals surface area contributed by atoms with Crippen LogP contribution in [0.4, 0.5) is 10.1 Å². The molecule has 0 radical (unpaired) electrons. The predicted octanol–water partition coefficient (Wildman–Crippen LogP) is 4.98. The highest BCUT2D eigenvalue weighted by molar-refractivity contribution is 9.10. The summed E-state index contributed by atoms with van der Waals surface area (Å²) in [5.74, 6) is -0.785. The molecule has 3 aromatic rings. The third-order valence-corrected chi connectivity index (χ3v) is 4.01. The average Bonchev–Trinajstić information content (AvgIpc) is 2.90. The van der Waals surface area contributed by atoms with Crippen molar-refractivity contribution in [2.45, 2.75) is 0 Å². The Morgan fingerprint density at radius 1 is 1.29 bits per heavy atom. The fourth-order valence-corrected chi connectivity index (χ4v) is 3.02. The molecule has 1 aromatic heterocycles. The number of hydrogen-bond donors (Lipinski definition) is 2. The van der Waals surface area contributed by atoms with Gasteiger partial charge < -0.3 is 10.3 Å². The zero-order valence-corrected chi connectivity index (χ0v) is 12.9. The van der Waals surface area contributed by atoms with Crippen molar-refractivity contribution in [3.8, 4) is 0 Å². The van der Waals surface area contributed by atoms with E-state index in [0.717, 1.165) is 17.0 Å². The van der Waals surface area contributed by atoms with Crippen molar-refractivity contribution in [3.05, 3.63) is 63.5 Å². The van der Waals surface area contributed by atoms with E-state index in [4.69, 9.17) is 11.6 Å². The van der Waals surface area contributed by atoms with Crippen molar-refractivity contribution >= 4 is 50.0 Å². The molecule has 0 spiro atoms. The van der Waals surface area contributed by atoms with Crippen molar-refractivity contribution in [1.29, 1.82) is 0 Å². The second-order valence-corrected chi connectivity index (χ2v) is 5.70. The van der Waals surface area contributed by atoms with Crippen LogP contribution in [0.1, 0.15) is 10.4 Å². The first-order valence-electron chi connectivity index (χ1n) is 6.08. The number of carbonyl (C=O) groups is 1. The molecule has 0 bridgehead atoms. The fourth-order valence-electron chi connectivity index (χ4n) is 2.13. The number of anilines is 1. The Bertz CT molecular complexity index is 824. The van der Waals surface area contributed by atoms with Crippen molar-refractivity contribution in [2.24, 2.45) is 0 Å². The molecule has 1 amide bonds. The largest absolute Gasteiger partial charge is 0.361 e. The summed E-state index contributed by atoms with van der Waals surface area (Å²) in [5.41, 5.74) is 1.73. The summed E-state index contributed by atoms with van der Waals surface area (Å²) in [7, 11) is 0. The molecular formula is C15H9BrClFN2O. The van der Waals surface area contributed by atoms with Gasteiger partial charge in [-0.25, -0.2) is 4.39 Å². The van der Waals surface area contributed by atoms with E-state index in [9.17, 15) is 9.18 Å². The second kappa shape index (κ2) is 5.50. The first kappa shape index (κ1) is 14.1. The van der Waals surface area contributed by atoms with E-state index in [-0.39, 0.29) is 10.9 Å². The molecule has 0 atom stereocenters. The summed E-state index contributed by atoms with van der Waals surface area (Å²) in [6.07, 6.45) is 1.77. The number of aromatic amines is 1. The normalized spacial score (nSPS) is 10.8. The minimum atomic E-state index is -0.474. The van der Waals surface area contributed by atoms with Crippen LogP contribution in [-0.4, -0.2) is 10.9 Å². The van der Waals surface area contributed by atoms with Crippen LogP contribution in [0.25, 0.3) is 10.9 Å². The van der Waals surface area contributed by atoms with Crippen LogP contribution in [-0.2, 0) is 0 Å². The molecule has 106 valence electrons. The highest BCUT2D eigenvalue weighted by Crippen LogP contribution is 2.32. The molecule has 6 heteroatoms. The minimum Gasteiger partial charge on any atom is -0.361 e. The van der Waals surface area contributed by atoms with Crippen LogP contribution in [0.5, 0.6) is 0 Å². The SMILES string of the molecule is O=C(Nc1c(Cl)cc(F)cc1Br)c1cccc2[nH]ccc12. The van der Waals surface area contributed by atoms with E-state index in [2.05, 4.69) is 26.2 Å². The molecule has 0 saturated carbocycles. The van der Waals surface area contributed by atoms with Gasteiger partial charge in [0.2, 0.25) is 0 Å². The van der Waals surface area contributed by atoms with Gasteiger partial charge in [-0.1, -0.05) is 17.7 Å². The summed E-state index contributed by atoms with van der Waals surface area (Å²) in [6.45, 7) is 0. The zero-order chi connectivity index (χ0) is 15.0. The minimum absolute atomic E-state index is 0.136. The van der Waals surface area contributed by atoms with E-state index >= 15 is 0 Å². The Balaban J connectivity index is 1.99. The summed E-state index contributed by atoms with van der Waals surface area (Å²) in [6, 6.07) is 9.61. The maximum atomic E-state index is 13.2. The van der Waals surface area contributed by atoms with Crippen LogP contribution in [0, 0.1) is 5.82 Å². The maximum Gasteiger partial charge on any atom is 0.256 e. The van der Waals surface area contributed by atoms with E-state index < -0.39 is 5.82 Å². The van der Waals surface area contributed by atoms with Gasteiger partial charge in [-0.3, -0.25) is 4.79 Å².